The molecule has 1 aliphatic rings. The average molecular weight is 492 g/mol. The van der Waals surface area contributed by atoms with Gasteiger partial charge < -0.3 is 15.0 Å². The molecule has 1 fully saturated rings. The second kappa shape index (κ2) is 9.50. The van der Waals surface area contributed by atoms with Gasteiger partial charge in [0.05, 0.1) is 23.7 Å². The van der Waals surface area contributed by atoms with Gasteiger partial charge in [0, 0.05) is 43.2 Å². The van der Waals surface area contributed by atoms with Gasteiger partial charge in [-0.3, -0.25) is 4.79 Å². The number of methoxy groups -OCH3 is 1. The molecule has 0 bridgehead atoms. The third kappa shape index (κ3) is 4.64. The Morgan fingerprint density at radius 3 is 2.89 bits per heavy atom. The molecule has 1 amide bonds. The molecular weight excluding hydrogens is 466 g/mol. The molecule has 0 aliphatic carbocycles. The average Bonchev–Trinajstić information content (AvgIpc) is 3.50. The van der Waals surface area contributed by atoms with Crippen LogP contribution in [0.1, 0.15) is 30.5 Å². The third-order valence-corrected chi connectivity index (χ3v) is 6.64. The van der Waals surface area contributed by atoms with E-state index in [0.717, 1.165) is 29.1 Å². The Morgan fingerprint density at radius 2 is 2.11 bits per heavy atom. The minimum atomic E-state index is -0.393. The van der Waals surface area contributed by atoms with Crippen molar-refractivity contribution in [2.45, 2.75) is 32.2 Å². The van der Waals surface area contributed by atoms with Crippen LogP contribution in [0.15, 0.2) is 48.8 Å². The third-order valence-electron chi connectivity index (χ3n) is 6.33. The number of nitrogens with one attached hydrogen (secondary N) is 1. The van der Waals surface area contributed by atoms with E-state index in [2.05, 4.69) is 20.4 Å². The maximum absolute atomic E-state index is 13.2. The SMILES string of the molecule is COc1cc([C@@H](C)C(=O)N2CC[C@H](Nc3ccc(-c4nc5ccccn5n4)c(C)n3)C2)c(Cl)cn1. The quantitative estimate of drug-likeness (QED) is 0.435. The molecule has 0 aromatic carbocycles. The molecule has 0 unspecified atom stereocenters. The molecular formula is C25H26ClN7O2. The summed E-state index contributed by atoms with van der Waals surface area (Å²) in [5.41, 5.74) is 3.24. The van der Waals surface area contributed by atoms with Gasteiger partial charge in [0.2, 0.25) is 11.8 Å². The zero-order chi connectivity index (χ0) is 24.5. The predicted octanol–water partition coefficient (Wildman–Crippen LogP) is 3.97. The van der Waals surface area contributed by atoms with E-state index in [1.54, 1.807) is 17.7 Å². The Bertz CT molecular complexity index is 1360. The summed E-state index contributed by atoms with van der Waals surface area (Å²) in [5, 5.41) is 8.48. The van der Waals surface area contributed by atoms with Gasteiger partial charge in [0.15, 0.2) is 11.5 Å². The number of carbonyl (C=O) groups is 1. The molecule has 35 heavy (non-hydrogen) atoms. The van der Waals surface area contributed by atoms with Crippen molar-refractivity contribution < 1.29 is 9.53 Å². The Balaban J connectivity index is 1.25. The maximum Gasteiger partial charge on any atom is 0.229 e. The van der Waals surface area contributed by atoms with Crippen LogP contribution in [-0.4, -0.2) is 61.6 Å². The van der Waals surface area contributed by atoms with Gasteiger partial charge in [-0.2, -0.15) is 0 Å². The number of fused-ring (bicyclic) bond motifs is 1. The largest absolute Gasteiger partial charge is 0.481 e. The van der Waals surface area contributed by atoms with Crippen LogP contribution in [0.5, 0.6) is 5.88 Å². The van der Waals surface area contributed by atoms with Crippen LogP contribution in [0.3, 0.4) is 0 Å². The first-order valence-corrected chi connectivity index (χ1v) is 11.8. The van der Waals surface area contributed by atoms with Crippen LogP contribution in [0.25, 0.3) is 17.0 Å². The van der Waals surface area contributed by atoms with Crippen molar-refractivity contribution in [2.75, 3.05) is 25.5 Å². The predicted molar refractivity (Wildman–Crippen MR) is 134 cm³/mol. The monoisotopic (exact) mass is 491 g/mol. The molecule has 5 heterocycles. The number of nitrogens with zero attached hydrogens (tertiary/aromatic N) is 6. The molecule has 1 aliphatic heterocycles. The number of amides is 1. The van der Waals surface area contributed by atoms with Crippen molar-refractivity contribution in [2.24, 2.45) is 0 Å². The van der Waals surface area contributed by atoms with Gasteiger partial charge in [0.25, 0.3) is 0 Å². The topological polar surface area (TPSA) is 97.5 Å². The molecule has 0 spiro atoms. The Morgan fingerprint density at radius 1 is 1.26 bits per heavy atom. The molecule has 4 aromatic heterocycles. The number of aromatic nitrogens is 5. The van der Waals surface area contributed by atoms with Gasteiger partial charge in [-0.15, -0.1) is 5.10 Å². The fraction of sp³-hybridized carbons (Fsp3) is 0.320. The second-order valence-corrected chi connectivity index (χ2v) is 9.06. The standard InChI is InChI=1S/C25H26ClN7O2/c1-15(19-12-23(35-3)27-13-20(19)26)25(34)32-11-9-17(14-32)29-21-8-7-18(16(2)28-21)24-30-22-6-4-5-10-33(22)31-24/h4-8,10,12-13,15,17H,9,11,14H2,1-3H3,(H,28,29)/t15-,17+/m1/s1. The molecule has 180 valence electrons. The first-order valence-electron chi connectivity index (χ1n) is 11.5. The zero-order valence-corrected chi connectivity index (χ0v) is 20.5. The van der Waals surface area contributed by atoms with Crippen molar-refractivity contribution in [3.8, 4) is 17.3 Å². The van der Waals surface area contributed by atoms with Crippen LogP contribution in [0.4, 0.5) is 5.82 Å². The van der Waals surface area contributed by atoms with Crippen LogP contribution in [-0.2, 0) is 4.79 Å². The van der Waals surface area contributed by atoms with Crippen molar-refractivity contribution in [1.29, 1.82) is 0 Å². The summed E-state index contributed by atoms with van der Waals surface area (Å²) in [4.78, 5) is 28.4. The number of hydrogen-bond donors (Lipinski definition) is 1. The van der Waals surface area contributed by atoms with Crippen molar-refractivity contribution in [1.82, 2.24) is 29.5 Å². The Hall–Kier alpha value is -3.72. The normalized spacial score (nSPS) is 16.5. The fourth-order valence-electron chi connectivity index (χ4n) is 4.40. The summed E-state index contributed by atoms with van der Waals surface area (Å²) in [7, 11) is 1.54. The summed E-state index contributed by atoms with van der Waals surface area (Å²) in [6.07, 6.45) is 4.23. The molecule has 0 saturated carbocycles. The lowest BCUT2D eigenvalue weighted by atomic mass is 10.0. The van der Waals surface area contributed by atoms with E-state index >= 15 is 0 Å². The molecule has 10 heteroatoms. The van der Waals surface area contributed by atoms with Gasteiger partial charge in [-0.25, -0.2) is 19.5 Å². The molecule has 1 saturated heterocycles. The zero-order valence-electron chi connectivity index (χ0n) is 19.8. The first-order chi connectivity index (χ1) is 16.9. The highest BCUT2D eigenvalue weighted by Crippen LogP contribution is 2.30. The fourth-order valence-corrected chi connectivity index (χ4v) is 4.66. The van der Waals surface area contributed by atoms with Crippen LogP contribution in [0.2, 0.25) is 5.02 Å². The molecule has 1 N–H and O–H groups in total. The Kier molecular flexibility index (Phi) is 6.25. The van der Waals surface area contributed by atoms with E-state index in [9.17, 15) is 4.79 Å². The molecule has 0 radical (unpaired) electrons. The summed E-state index contributed by atoms with van der Waals surface area (Å²) in [6.45, 7) is 5.08. The lowest BCUT2D eigenvalue weighted by Gasteiger charge is -2.22. The number of anilines is 1. The molecule has 5 rings (SSSR count). The van der Waals surface area contributed by atoms with E-state index in [1.807, 2.05) is 55.3 Å². The summed E-state index contributed by atoms with van der Waals surface area (Å²) >= 11 is 6.31. The number of likely N-dealkylation sites (tertiary alicyclic amines) is 1. The summed E-state index contributed by atoms with van der Waals surface area (Å²) in [5.74, 6) is 1.49. The summed E-state index contributed by atoms with van der Waals surface area (Å²) < 4.78 is 6.94. The number of hydrogen-bond acceptors (Lipinski definition) is 7. The lowest BCUT2D eigenvalue weighted by molar-refractivity contribution is -0.131. The smallest absolute Gasteiger partial charge is 0.229 e. The number of carbonyl (C=O) groups excluding carboxylic acids is 1. The highest BCUT2D eigenvalue weighted by molar-refractivity contribution is 6.31. The van der Waals surface area contributed by atoms with E-state index in [-0.39, 0.29) is 11.9 Å². The number of aryl methyl sites for hydroxylation is 1. The van der Waals surface area contributed by atoms with E-state index in [1.165, 1.54) is 6.20 Å². The Labute approximate surface area is 208 Å². The van der Waals surface area contributed by atoms with Crippen molar-refractivity contribution >= 4 is 29.0 Å². The van der Waals surface area contributed by atoms with Crippen LogP contribution < -0.4 is 10.1 Å². The maximum atomic E-state index is 13.2. The number of halogens is 1. The minimum Gasteiger partial charge on any atom is -0.481 e. The number of rotatable bonds is 6. The minimum absolute atomic E-state index is 0.0295. The highest BCUT2D eigenvalue weighted by atomic mass is 35.5. The van der Waals surface area contributed by atoms with Crippen molar-refractivity contribution in [3.05, 3.63) is 65.1 Å². The number of pyridine rings is 3. The number of ether oxygens (including phenoxy) is 1. The first kappa shape index (κ1) is 23.0. The van der Waals surface area contributed by atoms with Gasteiger partial charge in [0.1, 0.15) is 5.82 Å². The van der Waals surface area contributed by atoms with Gasteiger partial charge >= 0.3 is 0 Å². The molecule has 4 aromatic rings. The summed E-state index contributed by atoms with van der Waals surface area (Å²) in [6, 6.07) is 11.5. The van der Waals surface area contributed by atoms with Gasteiger partial charge in [-0.1, -0.05) is 17.7 Å². The highest BCUT2D eigenvalue weighted by Gasteiger charge is 2.31. The van der Waals surface area contributed by atoms with Crippen molar-refractivity contribution in [3.63, 3.8) is 0 Å². The van der Waals surface area contributed by atoms with Crippen LogP contribution in [0, 0.1) is 6.92 Å². The molecule has 2 atom stereocenters. The van der Waals surface area contributed by atoms with Crippen LogP contribution >= 0.6 is 11.6 Å². The van der Waals surface area contributed by atoms with E-state index in [0.29, 0.717) is 35.4 Å². The van der Waals surface area contributed by atoms with Gasteiger partial charge in [-0.05, 0) is 50.1 Å². The lowest BCUT2D eigenvalue weighted by Crippen LogP contribution is -2.34. The van der Waals surface area contributed by atoms with E-state index < -0.39 is 5.92 Å². The second-order valence-electron chi connectivity index (χ2n) is 8.65. The molecule has 9 nitrogen and oxygen atoms in total. The van der Waals surface area contributed by atoms with E-state index in [4.69, 9.17) is 21.3 Å².